The van der Waals surface area contributed by atoms with Gasteiger partial charge in [0.25, 0.3) is 0 Å². The quantitative estimate of drug-likeness (QED) is 0.763. The molecule has 0 atom stereocenters. The third kappa shape index (κ3) is 2.12. The van der Waals surface area contributed by atoms with Crippen molar-refractivity contribution in [3.63, 3.8) is 0 Å². The Labute approximate surface area is 93.8 Å². The van der Waals surface area contributed by atoms with E-state index in [0.29, 0.717) is 6.42 Å². The van der Waals surface area contributed by atoms with Crippen LogP contribution in [0.4, 0.5) is 0 Å². The Balaban J connectivity index is 2.55. The van der Waals surface area contributed by atoms with Crippen LogP contribution < -0.4 is 11.5 Å². The maximum Gasteiger partial charge on any atom is 0.0562 e. The molecule has 4 N–H and O–H groups in total. The highest BCUT2D eigenvalue weighted by atomic mass is 35.5. The van der Waals surface area contributed by atoms with Gasteiger partial charge in [-0.15, -0.1) is 0 Å². The molecule has 15 heavy (non-hydrogen) atoms. The lowest BCUT2D eigenvalue weighted by molar-refractivity contribution is 0.704. The molecule has 0 aliphatic rings. The molecule has 78 valence electrons. The van der Waals surface area contributed by atoms with E-state index in [4.69, 9.17) is 23.1 Å². The van der Waals surface area contributed by atoms with E-state index in [2.05, 4.69) is 0 Å². The molecular formula is C12H13ClN2. The van der Waals surface area contributed by atoms with Crippen LogP contribution in [0.5, 0.6) is 0 Å². The van der Waals surface area contributed by atoms with E-state index in [1.54, 1.807) is 0 Å². The highest BCUT2D eigenvalue weighted by molar-refractivity contribution is 6.36. The van der Waals surface area contributed by atoms with Crippen molar-refractivity contribution in [3.8, 4) is 0 Å². The Morgan fingerprint density at radius 3 is 2.53 bits per heavy atom. The Morgan fingerprint density at radius 1 is 1.07 bits per heavy atom. The molecule has 2 aromatic carbocycles. The van der Waals surface area contributed by atoms with Crippen molar-refractivity contribution in [2.24, 2.45) is 11.5 Å². The molecule has 0 bridgehead atoms. The Kier molecular flexibility index (Phi) is 2.91. The van der Waals surface area contributed by atoms with Gasteiger partial charge in [-0.3, -0.25) is 0 Å². The third-order valence-electron chi connectivity index (χ3n) is 2.40. The lowest BCUT2D eigenvalue weighted by Crippen LogP contribution is -2.32. The van der Waals surface area contributed by atoms with Gasteiger partial charge in [0.2, 0.25) is 0 Å². The van der Waals surface area contributed by atoms with Crippen molar-refractivity contribution in [3.05, 3.63) is 47.0 Å². The van der Waals surface area contributed by atoms with Crippen LogP contribution >= 0.6 is 11.6 Å². The summed E-state index contributed by atoms with van der Waals surface area (Å²) in [6, 6.07) is 12.0. The molecule has 0 aliphatic carbocycles. The molecule has 2 aromatic rings. The molecule has 0 radical (unpaired) electrons. The Hall–Kier alpha value is -1.09. The lowest BCUT2D eigenvalue weighted by atomic mass is 10.0. The molecule has 0 aliphatic heterocycles. The topological polar surface area (TPSA) is 52.0 Å². The van der Waals surface area contributed by atoms with Gasteiger partial charge in [0, 0.05) is 11.8 Å². The van der Waals surface area contributed by atoms with Crippen LogP contribution in [0.25, 0.3) is 10.8 Å². The second kappa shape index (κ2) is 4.19. The first-order valence-electron chi connectivity index (χ1n) is 4.86. The molecule has 0 saturated carbocycles. The van der Waals surface area contributed by atoms with Gasteiger partial charge >= 0.3 is 0 Å². The predicted molar refractivity (Wildman–Crippen MR) is 64.8 cm³/mol. The number of nitrogens with two attached hydrogens (primary N) is 2. The molecule has 0 amide bonds. The normalized spacial score (nSPS) is 11.2. The van der Waals surface area contributed by atoms with Gasteiger partial charge in [0.05, 0.1) is 11.2 Å². The van der Waals surface area contributed by atoms with E-state index < -0.39 is 0 Å². The fourth-order valence-electron chi connectivity index (χ4n) is 1.69. The largest absolute Gasteiger partial charge is 0.316 e. The first kappa shape index (κ1) is 10.4. The summed E-state index contributed by atoms with van der Waals surface area (Å²) in [6.07, 6.45) is 0.243. The fraction of sp³-hybridized carbons (Fsp3) is 0.167. The van der Waals surface area contributed by atoms with Crippen molar-refractivity contribution < 1.29 is 0 Å². The molecule has 0 heterocycles. The van der Waals surface area contributed by atoms with Gasteiger partial charge < -0.3 is 11.5 Å². The highest BCUT2D eigenvalue weighted by Gasteiger charge is 2.06. The zero-order chi connectivity index (χ0) is 10.8. The van der Waals surface area contributed by atoms with E-state index >= 15 is 0 Å². The predicted octanol–water partition coefficient (Wildman–Crippen LogP) is 2.28. The molecule has 3 heteroatoms. The van der Waals surface area contributed by atoms with Gasteiger partial charge in [-0.25, -0.2) is 0 Å². The van der Waals surface area contributed by atoms with E-state index in [-0.39, 0.29) is 6.17 Å². The van der Waals surface area contributed by atoms with Gasteiger partial charge in [-0.05, 0) is 10.9 Å². The zero-order valence-corrected chi connectivity index (χ0v) is 9.04. The Morgan fingerprint density at radius 2 is 1.80 bits per heavy atom. The highest BCUT2D eigenvalue weighted by Crippen LogP contribution is 2.27. The van der Waals surface area contributed by atoms with Crippen molar-refractivity contribution in [2.75, 3.05) is 0 Å². The number of hydrogen-bond donors (Lipinski definition) is 2. The summed E-state index contributed by atoms with van der Waals surface area (Å²) in [4.78, 5) is 0. The van der Waals surface area contributed by atoms with Crippen LogP contribution in [0.3, 0.4) is 0 Å². The van der Waals surface area contributed by atoms with Crippen LogP contribution in [0.1, 0.15) is 5.56 Å². The molecule has 0 spiro atoms. The molecule has 0 saturated heterocycles. The first-order chi connectivity index (χ1) is 7.18. The minimum Gasteiger partial charge on any atom is -0.316 e. The standard InChI is InChI=1S/C12H13ClN2/c13-12-9(7-11(14)15)6-5-8-3-1-2-4-10(8)12/h1-6,11H,7,14-15H2. The molecule has 0 fully saturated rings. The summed E-state index contributed by atoms with van der Waals surface area (Å²) in [6.45, 7) is 0. The van der Waals surface area contributed by atoms with Gasteiger partial charge in [0.1, 0.15) is 0 Å². The van der Waals surface area contributed by atoms with Crippen LogP contribution in [0.2, 0.25) is 5.02 Å². The minimum atomic E-state index is -0.358. The number of rotatable bonds is 2. The van der Waals surface area contributed by atoms with Crippen molar-refractivity contribution in [1.29, 1.82) is 0 Å². The number of benzene rings is 2. The molecule has 2 nitrogen and oxygen atoms in total. The van der Waals surface area contributed by atoms with Crippen LogP contribution in [0.15, 0.2) is 36.4 Å². The third-order valence-corrected chi connectivity index (χ3v) is 2.85. The van der Waals surface area contributed by atoms with Crippen LogP contribution in [0, 0.1) is 0 Å². The second-order valence-electron chi connectivity index (χ2n) is 3.63. The number of halogens is 1. The fourth-order valence-corrected chi connectivity index (χ4v) is 2.00. The van der Waals surface area contributed by atoms with Crippen LogP contribution in [-0.2, 0) is 6.42 Å². The molecule has 2 rings (SSSR count). The average molecular weight is 221 g/mol. The summed E-state index contributed by atoms with van der Waals surface area (Å²) in [5.74, 6) is 0. The van der Waals surface area contributed by atoms with Crippen molar-refractivity contribution in [1.82, 2.24) is 0 Å². The van der Waals surface area contributed by atoms with Gasteiger partial charge in [-0.2, -0.15) is 0 Å². The van der Waals surface area contributed by atoms with Gasteiger partial charge in [-0.1, -0.05) is 48.0 Å². The summed E-state index contributed by atoms with van der Waals surface area (Å²) in [7, 11) is 0. The van der Waals surface area contributed by atoms with E-state index in [1.165, 1.54) is 0 Å². The minimum absolute atomic E-state index is 0.358. The number of hydrogen-bond acceptors (Lipinski definition) is 2. The first-order valence-corrected chi connectivity index (χ1v) is 5.23. The molecule has 0 unspecified atom stereocenters. The smallest absolute Gasteiger partial charge is 0.0562 e. The summed E-state index contributed by atoms with van der Waals surface area (Å²) in [5, 5.41) is 2.95. The maximum atomic E-state index is 6.27. The second-order valence-corrected chi connectivity index (χ2v) is 4.01. The summed E-state index contributed by atoms with van der Waals surface area (Å²) in [5.41, 5.74) is 12.1. The average Bonchev–Trinajstić information content (AvgIpc) is 2.22. The van der Waals surface area contributed by atoms with Crippen molar-refractivity contribution in [2.45, 2.75) is 12.6 Å². The van der Waals surface area contributed by atoms with E-state index in [0.717, 1.165) is 21.4 Å². The molecular weight excluding hydrogens is 208 g/mol. The Bertz CT molecular complexity index is 480. The SMILES string of the molecule is NC(N)Cc1ccc2ccccc2c1Cl. The lowest BCUT2D eigenvalue weighted by Gasteiger charge is -2.09. The maximum absolute atomic E-state index is 6.27. The monoisotopic (exact) mass is 220 g/mol. The number of fused-ring (bicyclic) bond motifs is 1. The van der Waals surface area contributed by atoms with Gasteiger partial charge in [0.15, 0.2) is 0 Å². The van der Waals surface area contributed by atoms with E-state index in [9.17, 15) is 0 Å². The molecule has 0 aromatic heterocycles. The van der Waals surface area contributed by atoms with Crippen molar-refractivity contribution >= 4 is 22.4 Å². The van der Waals surface area contributed by atoms with Crippen LogP contribution in [-0.4, -0.2) is 6.17 Å². The van der Waals surface area contributed by atoms with E-state index in [1.807, 2.05) is 36.4 Å². The summed E-state index contributed by atoms with van der Waals surface area (Å²) < 4.78 is 0. The summed E-state index contributed by atoms with van der Waals surface area (Å²) >= 11 is 6.27. The zero-order valence-electron chi connectivity index (χ0n) is 8.28.